The van der Waals surface area contributed by atoms with Gasteiger partial charge in [0.25, 0.3) is 0 Å². The number of aliphatic hydroxyl groups excluding tert-OH is 1. The molecule has 0 aliphatic carbocycles. The average molecular weight is 240 g/mol. The standard InChI is InChI=1S/C11H10ClNOS/c12-7-3-4-9(13)8(6-7)11(14)10-2-1-5-15-10/h1-6,11,14H,13H2. The monoisotopic (exact) mass is 239 g/mol. The Bertz CT molecular complexity index is 456. The molecule has 4 heteroatoms. The number of hydrogen-bond donors (Lipinski definition) is 2. The molecule has 2 rings (SSSR count). The summed E-state index contributed by atoms with van der Waals surface area (Å²) >= 11 is 7.35. The van der Waals surface area contributed by atoms with E-state index in [-0.39, 0.29) is 0 Å². The molecule has 0 fully saturated rings. The summed E-state index contributed by atoms with van der Waals surface area (Å²) in [4.78, 5) is 0.865. The minimum Gasteiger partial charge on any atom is -0.398 e. The molecular weight excluding hydrogens is 230 g/mol. The van der Waals surface area contributed by atoms with Crippen LogP contribution in [0.3, 0.4) is 0 Å². The SMILES string of the molecule is Nc1ccc(Cl)cc1C(O)c1cccs1. The highest BCUT2D eigenvalue weighted by Crippen LogP contribution is 2.31. The van der Waals surface area contributed by atoms with Crippen LogP contribution in [0.5, 0.6) is 0 Å². The molecule has 2 nitrogen and oxygen atoms in total. The Kier molecular flexibility index (Phi) is 2.95. The molecule has 0 saturated heterocycles. The van der Waals surface area contributed by atoms with Crippen LogP contribution in [0, 0.1) is 0 Å². The molecule has 2 aromatic rings. The topological polar surface area (TPSA) is 46.2 Å². The van der Waals surface area contributed by atoms with Crippen molar-refractivity contribution < 1.29 is 5.11 Å². The maximum Gasteiger partial charge on any atom is 0.115 e. The highest BCUT2D eigenvalue weighted by Gasteiger charge is 2.14. The van der Waals surface area contributed by atoms with E-state index in [1.807, 2.05) is 17.5 Å². The normalized spacial score (nSPS) is 12.7. The second kappa shape index (κ2) is 4.23. The predicted octanol–water partition coefficient (Wildman–Crippen LogP) is 3.07. The first-order valence-corrected chi connectivity index (χ1v) is 5.70. The first kappa shape index (κ1) is 10.5. The highest BCUT2D eigenvalue weighted by atomic mass is 35.5. The summed E-state index contributed by atoms with van der Waals surface area (Å²) in [6.07, 6.45) is -0.691. The average Bonchev–Trinajstić information content (AvgIpc) is 2.74. The van der Waals surface area contributed by atoms with Gasteiger partial charge in [-0.05, 0) is 29.6 Å². The van der Waals surface area contributed by atoms with Crippen molar-refractivity contribution in [2.75, 3.05) is 5.73 Å². The number of aliphatic hydroxyl groups is 1. The summed E-state index contributed by atoms with van der Waals surface area (Å²) in [5.41, 5.74) is 7.00. The van der Waals surface area contributed by atoms with Crippen LogP contribution >= 0.6 is 22.9 Å². The van der Waals surface area contributed by atoms with E-state index in [2.05, 4.69) is 0 Å². The maximum atomic E-state index is 10.1. The van der Waals surface area contributed by atoms with Crippen molar-refractivity contribution in [1.29, 1.82) is 0 Å². The molecule has 1 unspecified atom stereocenters. The molecule has 0 aliphatic rings. The van der Waals surface area contributed by atoms with Gasteiger partial charge in [0, 0.05) is 21.2 Å². The van der Waals surface area contributed by atoms with Gasteiger partial charge in [0.15, 0.2) is 0 Å². The lowest BCUT2D eigenvalue weighted by Gasteiger charge is -2.11. The van der Waals surface area contributed by atoms with Crippen LogP contribution in [-0.2, 0) is 0 Å². The lowest BCUT2D eigenvalue weighted by atomic mass is 10.1. The van der Waals surface area contributed by atoms with E-state index >= 15 is 0 Å². The Hall–Kier alpha value is -1.03. The molecular formula is C11H10ClNOS. The zero-order valence-corrected chi connectivity index (χ0v) is 9.42. The van der Waals surface area contributed by atoms with Crippen molar-refractivity contribution in [2.24, 2.45) is 0 Å². The first-order valence-electron chi connectivity index (χ1n) is 4.45. The zero-order chi connectivity index (χ0) is 10.8. The lowest BCUT2D eigenvalue weighted by Crippen LogP contribution is -2.01. The van der Waals surface area contributed by atoms with Gasteiger partial charge in [-0.1, -0.05) is 17.7 Å². The van der Waals surface area contributed by atoms with E-state index in [4.69, 9.17) is 17.3 Å². The molecule has 0 radical (unpaired) electrons. The van der Waals surface area contributed by atoms with Crippen molar-refractivity contribution in [3.8, 4) is 0 Å². The third-order valence-electron chi connectivity index (χ3n) is 2.16. The molecule has 0 spiro atoms. The number of thiophene rings is 1. The summed E-state index contributed by atoms with van der Waals surface area (Å²) in [6.45, 7) is 0. The molecule has 0 saturated carbocycles. The number of rotatable bonds is 2. The molecule has 1 atom stereocenters. The fourth-order valence-electron chi connectivity index (χ4n) is 1.38. The van der Waals surface area contributed by atoms with Gasteiger partial charge in [-0.2, -0.15) is 0 Å². The maximum absolute atomic E-state index is 10.1. The minimum atomic E-state index is -0.691. The van der Waals surface area contributed by atoms with Crippen LogP contribution in [-0.4, -0.2) is 5.11 Å². The van der Waals surface area contributed by atoms with Crippen molar-refractivity contribution in [3.63, 3.8) is 0 Å². The Morgan fingerprint density at radius 1 is 1.33 bits per heavy atom. The van der Waals surface area contributed by atoms with Crippen molar-refractivity contribution in [1.82, 2.24) is 0 Å². The van der Waals surface area contributed by atoms with E-state index in [1.165, 1.54) is 11.3 Å². The lowest BCUT2D eigenvalue weighted by molar-refractivity contribution is 0.225. The molecule has 1 aromatic heterocycles. The largest absolute Gasteiger partial charge is 0.398 e. The van der Waals surface area contributed by atoms with Gasteiger partial charge in [-0.15, -0.1) is 11.3 Å². The molecule has 15 heavy (non-hydrogen) atoms. The van der Waals surface area contributed by atoms with E-state index in [1.54, 1.807) is 18.2 Å². The zero-order valence-electron chi connectivity index (χ0n) is 7.85. The van der Waals surface area contributed by atoms with Crippen LogP contribution in [0.4, 0.5) is 5.69 Å². The smallest absolute Gasteiger partial charge is 0.115 e. The summed E-state index contributed by atoms with van der Waals surface area (Å²) in [7, 11) is 0. The second-order valence-corrected chi connectivity index (χ2v) is 4.61. The van der Waals surface area contributed by atoms with Gasteiger partial charge >= 0.3 is 0 Å². The van der Waals surface area contributed by atoms with Crippen molar-refractivity contribution >= 4 is 28.6 Å². The number of anilines is 1. The van der Waals surface area contributed by atoms with Gasteiger partial charge in [-0.3, -0.25) is 0 Å². The van der Waals surface area contributed by atoms with Gasteiger partial charge < -0.3 is 10.8 Å². The van der Waals surface area contributed by atoms with E-state index in [0.717, 1.165) is 4.88 Å². The quantitative estimate of drug-likeness (QED) is 0.792. The molecule has 0 bridgehead atoms. The molecule has 78 valence electrons. The van der Waals surface area contributed by atoms with Gasteiger partial charge in [0.05, 0.1) is 0 Å². The summed E-state index contributed by atoms with van der Waals surface area (Å²) in [5, 5.41) is 12.6. The van der Waals surface area contributed by atoms with Crippen LogP contribution in [0.15, 0.2) is 35.7 Å². The summed E-state index contributed by atoms with van der Waals surface area (Å²) < 4.78 is 0. The Labute approximate surface area is 96.9 Å². The fraction of sp³-hybridized carbons (Fsp3) is 0.0909. The number of hydrogen-bond acceptors (Lipinski definition) is 3. The summed E-state index contributed by atoms with van der Waals surface area (Å²) in [6, 6.07) is 8.87. The second-order valence-electron chi connectivity index (χ2n) is 3.19. The van der Waals surface area contributed by atoms with E-state index < -0.39 is 6.10 Å². The third-order valence-corrected chi connectivity index (χ3v) is 3.32. The molecule has 0 amide bonds. The van der Waals surface area contributed by atoms with E-state index in [0.29, 0.717) is 16.3 Å². The Balaban J connectivity index is 2.41. The van der Waals surface area contributed by atoms with Gasteiger partial charge in [-0.25, -0.2) is 0 Å². The number of benzene rings is 1. The number of nitrogen functional groups attached to an aromatic ring is 1. The summed E-state index contributed by atoms with van der Waals surface area (Å²) in [5.74, 6) is 0. The number of halogens is 1. The fourth-order valence-corrected chi connectivity index (χ4v) is 2.29. The molecule has 1 heterocycles. The molecule has 0 aliphatic heterocycles. The van der Waals surface area contributed by atoms with Gasteiger partial charge in [0.2, 0.25) is 0 Å². The first-order chi connectivity index (χ1) is 7.18. The Morgan fingerprint density at radius 3 is 2.80 bits per heavy atom. The van der Waals surface area contributed by atoms with Crippen LogP contribution in [0.1, 0.15) is 16.5 Å². The van der Waals surface area contributed by atoms with Crippen molar-refractivity contribution in [3.05, 3.63) is 51.2 Å². The van der Waals surface area contributed by atoms with Gasteiger partial charge in [0.1, 0.15) is 6.10 Å². The van der Waals surface area contributed by atoms with Crippen LogP contribution in [0.25, 0.3) is 0 Å². The molecule has 3 N–H and O–H groups in total. The van der Waals surface area contributed by atoms with Crippen LogP contribution < -0.4 is 5.73 Å². The minimum absolute atomic E-state index is 0.556. The third kappa shape index (κ3) is 2.15. The van der Waals surface area contributed by atoms with Crippen LogP contribution in [0.2, 0.25) is 5.02 Å². The van der Waals surface area contributed by atoms with E-state index in [9.17, 15) is 5.11 Å². The predicted molar refractivity (Wildman–Crippen MR) is 64.2 cm³/mol. The Morgan fingerprint density at radius 2 is 2.13 bits per heavy atom. The number of nitrogens with two attached hydrogens (primary N) is 1. The highest BCUT2D eigenvalue weighted by molar-refractivity contribution is 7.10. The van der Waals surface area contributed by atoms with Crippen molar-refractivity contribution in [2.45, 2.75) is 6.10 Å². The molecule has 1 aromatic carbocycles.